The van der Waals surface area contributed by atoms with Crippen LogP contribution in [0.2, 0.25) is 0 Å². The van der Waals surface area contributed by atoms with Crippen LogP contribution in [0.1, 0.15) is 32.1 Å². The molecule has 2 N–H and O–H groups in total. The third-order valence-electron chi connectivity index (χ3n) is 3.63. The highest BCUT2D eigenvalue weighted by molar-refractivity contribution is 5.80. The molecule has 2 rings (SSSR count). The molecular weight excluding hydrogens is 243 g/mol. The number of carbonyl (C=O) groups is 1. The molecule has 1 fully saturated rings. The van der Waals surface area contributed by atoms with E-state index in [0.29, 0.717) is 11.6 Å². The summed E-state index contributed by atoms with van der Waals surface area (Å²) >= 11 is 0. The maximum absolute atomic E-state index is 13.3. The van der Waals surface area contributed by atoms with E-state index in [9.17, 15) is 9.18 Å². The van der Waals surface area contributed by atoms with Crippen molar-refractivity contribution in [3.05, 3.63) is 30.1 Å². The highest BCUT2D eigenvalue weighted by atomic mass is 19.1. The van der Waals surface area contributed by atoms with Crippen molar-refractivity contribution in [3.8, 4) is 0 Å². The predicted molar refractivity (Wildman–Crippen MR) is 74.5 cm³/mol. The van der Waals surface area contributed by atoms with Gasteiger partial charge >= 0.3 is 0 Å². The maximum Gasteiger partial charge on any atom is 0.239 e. The smallest absolute Gasteiger partial charge is 0.239 e. The summed E-state index contributed by atoms with van der Waals surface area (Å²) in [5, 5.41) is 5.73. The molecule has 1 aromatic carbocycles. The standard InChI is InChI=1S/C15H21FN2O/c16-13-8-4-5-9-14(13)17-11-15(19)18-10-12-6-2-1-3-7-12/h4-5,8-9,12,17H,1-3,6-7,10-11H2,(H,18,19). The van der Waals surface area contributed by atoms with Gasteiger partial charge in [-0.25, -0.2) is 4.39 Å². The van der Waals surface area contributed by atoms with Gasteiger partial charge in [-0.2, -0.15) is 0 Å². The van der Waals surface area contributed by atoms with Crippen molar-refractivity contribution in [1.82, 2.24) is 5.32 Å². The van der Waals surface area contributed by atoms with E-state index >= 15 is 0 Å². The molecule has 1 amide bonds. The quantitative estimate of drug-likeness (QED) is 0.858. The Bertz CT molecular complexity index is 416. The van der Waals surface area contributed by atoms with E-state index in [4.69, 9.17) is 0 Å². The molecule has 1 aliphatic rings. The summed E-state index contributed by atoms with van der Waals surface area (Å²) in [6.07, 6.45) is 6.28. The molecule has 4 heteroatoms. The number of rotatable bonds is 5. The molecule has 0 bridgehead atoms. The fraction of sp³-hybridized carbons (Fsp3) is 0.533. The predicted octanol–water partition coefficient (Wildman–Crippen LogP) is 2.93. The van der Waals surface area contributed by atoms with Gasteiger partial charge in [0.15, 0.2) is 0 Å². The Kier molecular flexibility index (Phi) is 5.19. The fourth-order valence-corrected chi connectivity index (χ4v) is 2.49. The van der Waals surface area contributed by atoms with E-state index in [1.54, 1.807) is 18.2 Å². The second kappa shape index (κ2) is 7.12. The Morgan fingerprint density at radius 2 is 1.95 bits per heavy atom. The highest BCUT2D eigenvalue weighted by Crippen LogP contribution is 2.22. The molecule has 0 saturated heterocycles. The third kappa shape index (κ3) is 4.54. The number of halogens is 1. The molecule has 0 aromatic heterocycles. The van der Waals surface area contributed by atoms with Crippen LogP contribution in [-0.4, -0.2) is 19.0 Å². The van der Waals surface area contributed by atoms with Crippen LogP contribution in [0.5, 0.6) is 0 Å². The lowest BCUT2D eigenvalue weighted by atomic mass is 9.89. The first-order chi connectivity index (χ1) is 9.25. The Labute approximate surface area is 113 Å². The molecule has 104 valence electrons. The van der Waals surface area contributed by atoms with E-state index in [2.05, 4.69) is 10.6 Å². The maximum atomic E-state index is 13.3. The van der Waals surface area contributed by atoms with Crippen molar-refractivity contribution in [2.75, 3.05) is 18.4 Å². The van der Waals surface area contributed by atoms with Gasteiger partial charge in [-0.3, -0.25) is 4.79 Å². The zero-order valence-corrected chi connectivity index (χ0v) is 11.1. The van der Waals surface area contributed by atoms with Crippen LogP contribution in [0.15, 0.2) is 24.3 Å². The molecule has 1 saturated carbocycles. The largest absolute Gasteiger partial charge is 0.374 e. The van der Waals surface area contributed by atoms with E-state index < -0.39 is 0 Å². The summed E-state index contributed by atoms with van der Waals surface area (Å²) in [5.74, 6) is 0.211. The average molecular weight is 264 g/mol. The van der Waals surface area contributed by atoms with Gasteiger partial charge in [0.1, 0.15) is 5.82 Å². The topological polar surface area (TPSA) is 41.1 Å². The molecule has 0 radical (unpaired) electrons. The van der Waals surface area contributed by atoms with E-state index in [-0.39, 0.29) is 18.3 Å². The number of nitrogens with one attached hydrogen (secondary N) is 2. The van der Waals surface area contributed by atoms with Crippen LogP contribution in [-0.2, 0) is 4.79 Å². The first-order valence-electron chi connectivity index (χ1n) is 7.01. The van der Waals surface area contributed by atoms with Gasteiger partial charge < -0.3 is 10.6 Å². The van der Waals surface area contributed by atoms with E-state index in [1.165, 1.54) is 38.2 Å². The normalized spacial score (nSPS) is 16.1. The van der Waals surface area contributed by atoms with Crippen LogP contribution in [0.4, 0.5) is 10.1 Å². The number of amides is 1. The molecular formula is C15H21FN2O. The zero-order chi connectivity index (χ0) is 13.5. The van der Waals surface area contributed by atoms with E-state index in [0.717, 1.165) is 6.54 Å². The zero-order valence-electron chi connectivity index (χ0n) is 11.1. The number of benzene rings is 1. The molecule has 0 heterocycles. The van der Waals surface area contributed by atoms with Crippen molar-refractivity contribution in [3.63, 3.8) is 0 Å². The molecule has 0 spiro atoms. The molecule has 3 nitrogen and oxygen atoms in total. The summed E-state index contributed by atoms with van der Waals surface area (Å²) in [6.45, 7) is 0.867. The van der Waals surface area contributed by atoms with Crippen LogP contribution >= 0.6 is 0 Å². The van der Waals surface area contributed by atoms with E-state index in [1.807, 2.05) is 0 Å². The van der Waals surface area contributed by atoms with Gasteiger partial charge in [0.2, 0.25) is 5.91 Å². The van der Waals surface area contributed by atoms with Gasteiger partial charge in [-0.15, -0.1) is 0 Å². The lowest BCUT2D eigenvalue weighted by Crippen LogP contribution is -2.34. The molecule has 19 heavy (non-hydrogen) atoms. The minimum Gasteiger partial charge on any atom is -0.374 e. The Morgan fingerprint density at radius 3 is 2.68 bits per heavy atom. The minimum atomic E-state index is -0.331. The molecule has 0 unspecified atom stereocenters. The van der Waals surface area contributed by atoms with Gasteiger partial charge in [0.25, 0.3) is 0 Å². The Morgan fingerprint density at radius 1 is 1.21 bits per heavy atom. The second-order valence-electron chi connectivity index (χ2n) is 5.14. The monoisotopic (exact) mass is 264 g/mol. The Balaban J connectivity index is 1.68. The van der Waals surface area contributed by atoms with Crippen molar-refractivity contribution >= 4 is 11.6 Å². The van der Waals surface area contributed by atoms with Crippen LogP contribution in [0.3, 0.4) is 0 Å². The SMILES string of the molecule is O=C(CNc1ccccc1F)NCC1CCCCC1. The fourth-order valence-electron chi connectivity index (χ4n) is 2.49. The third-order valence-corrected chi connectivity index (χ3v) is 3.63. The van der Waals surface area contributed by atoms with Gasteiger partial charge in [-0.1, -0.05) is 31.4 Å². The number of hydrogen-bond donors (Lipinski definition) is 2. The average Bonchev–Trinajstić information content (AvgIpc) is 2.45. The first kappa shape index (κ1) is 13.8. The second-order valence-corrected chi connectivity index (χ2v) is 5.14. The molecule has 0 aliphatic heterocycles. The number of hydrogen-bond acceptors (Lipinski definition) is 2. The van der Waals surface area contributed by atoms with Crippen LogP contribution < -0.4 is 10.6 Å². The van der Waals surface area contributed by atoms with Crippen molar-refractivity contribution < 1.29 is 9.18 Å². The van der Waals surface area contributed by atoms with Gasteiger partial charge in [0.05, 0.1) is 12.2 Å². The number of carbonyl (C=O) groups excluding carboxylic acids is 1. The molecule has 1 aromatic rings. The number of anilines is 1. The van der Waals surface area contributed by atoms with Gasteiger partial charge in [-0.05, 0) is 30.9 Å². The van der Waals surface area contributed by atoms with Crippen LogP contribution in [0, 0.1) is 11.7 Å². The summed E-state index contributed by atoms with van der Waals surface area (Å²) < 4.78 is 13.3. The van der Waals surface area contributed by atoms with Gasteiger partial charge in [0, 0.05) is 6.54 Å². The van der Waals surface area contributed by atoms with Crippen LogP contribution in [0.25, 0.3) is 0 Å². The summed E-state index contributed by atoms with van der Waals surface area (Å²) in [6, 6.07) is 6.38. The summed E-state index contributed by atoms with van der Waals surface area (Å²) in [5.41, 5.74) is 0.371. The number of para-hydroxylation sites is 1. The van der Waals surface area contributed by atoms with Crippen molar-refractivity contribution in [2.45, 2.75) is 32.1 Å². The molecule has 1 aliphatic carbocycles. The lowest BCUT2D eigenvalue weighted by molar-refractivity contribution is -0.119. The minimum absolute atomic E-state index is 0.0752. The summed E-state index contributed by atoms with van der Waals surface area (Å²) in [7, 11) is 0. The Hall–Kier alpha value is -1.58. The highest BCUT2D eigenvalue weighted by Gasteiger charge is 2.14. The molecule has 0 atom stereocenters. The summed E-state index contributed by atoms with van der Waals surface area (Å²) in [4.78, 5) is 11.7. The first-order valence-corrected chi connectivity index (χ1v) is 7.01. The lowest BCUT2D eigenvalue weighted by Gasteiger charge is -2.21. The van der Waals surface area contributed by atoms with Crippen molar-refractivity contribution in [1.29, 1.82) is 0 Å². The van der Waals surface area contributed by atoms with Crippen molar-refractivity contribution in [2.24, 2.45) is 5.92 Å².